The second kappa shape index (κ2) is 8.27. The van der Waals surface area contributed by atoms with Gasteiger partial charge in [0.2, 0.25) is 0 Å². The Bertz CT molecular complexity index is 658. The average molecular weight is 315 g/mol. The summed E-state index contributed by atoms with van der Waals surface area (Å²) in [7, 11) is 0. The molecular weight excluding hydrogens is 293 g/mol. The quantitative estimate of drug-likeness (QED) is 0.820. The lowest BCUT2D eigenvalue weighted by molar-refractivity contribution is 0.0952. The van der Waals surface area contributed by atoms with E-state index in [2.05, 4.69) is 29.5 Å². The van der Waals surface area contributed by atoms with E-state index in [0.717, 1.165) is 6.42 Å². The van der Waals surface area contributed by atoms with Crippen LogP contribution in [0.15, 0.2) is 42.6 Å². The highest BCUT2D eigenvalue weighted by molar-refractivity contribution is 5.94. The van der Waals surface area contributed by atoms with Gasteiger partial charge >= 0.3 is 0 Å². The molecule has 2 rings (SSSR count). The van der Waals surface area contributed by atoms with Gasteiger partial charge in [0.25, 0.3) is 5.91 Å². The van der Waals surface area contributed by atoms with E-state index in [9.17, 15) is 9.18 Å². The van der Waals surface area contributed by atoms with Gasteiger partial charge in [0.15, 0.2) is 0 Å². The number of anilines is 1. The van der Waals surface area contributed by atoms with Crippen molar-refractivity contribution in [3.05, 3.63) is 59.5 Å². The lowest BCUT2D eigenvalue weighted by Crippen LogP contribution is -2.25. The third-order valence-corrected chi connectivity index (χ3v) is 3.45. The smallest absolute Gasteiger partial charge is 0.251 e. The van der Waals surface area contributed by atoms with Crippen molar-refractivity contribution >= 4 is 11.7 Å². The molecular formula is C18H22FN3O. The largest absolute Gasteiger partial charge is 0.366 e. The number of pyridine rings is 1. The Morgan fingerprint density at radius 1 is 1.26 bits per heavy atom. The van der Waals surface area contributed by atoms with Gasteiger partial charge in [-0.2, -0.15) is 0 Å². The number of halogens is 1. The number of carbonyl (C=O) groups is 1. The molecule has 0 bridgehead atoms. The first kappa shape index (κ1) is 16.9. The summed E-state index contributed by atoms with van der Waals surface area (Å²) in [6.07, 6.45) is 2.51. The summed E-state index contributed by atoms with van der Waals surface area (Å²) in [5.74, 6) is 0.708. The van der Waals surface area contributed by atoms with Crippen molar-refractivity contribution in [1.82, 2.24) is 10.3 Å². The summed E-state index contributed by atoms with van der Waals surface area (Å²) in [5.41, 5.74) is 1.10. The maximum Gasteiger partial charge on any atom is 0.251 e. The molecule has 122 valence electrons. The molecule has 0 radical (unpaired) electrons. The van der Waals surface area contributed by atoms with Crippen molar-refractivity contribution in [2.24, 2.45) is 5.92 Å². The van der Waals surface area contributed by atoms with Gasteiger partial charge in [0.1, 0.15) is 11.6 Å². The molecule has 23 heavy (non-hydrogen) atoms. The van der Waals surface area contributed by atoms with Gasteiger partial charge in [-0.25, -0.2) is 9.37 Å². The Hall–Kier alpha value is -2.43. The molecule has 2 N–H and O–H groups in total. The predicted octanol–water partition coefficient (Wildman–Crippen LogP) is 3.61. The zero-order valence-corrected chi connectivity index (χ0v) is 13.5. The topological polar surface area (TPSA) is 54.0 Å². The minimum absolute atomic E-state index is 0.123. The van der Waals surface area contributed by atoms with Crippen LogP contribution in [0.1, 0.15) is 36.2 Å². The number of hydrogen-bond donors (Lipinski definition) is 2. The molecule has 0 atom stereocenters. The van der Waals surface area contributed by atoms with Gasteiger partial charge < -0.3 is 10.6 Å². The highest BCUT2D eigenvalue weighted by atomic mass is 19.1. The standard InChI is InChI=1S/C18H22FN3O/c1-13(2)7-9-21-18(23)14-8-10-20-17(11-14)22-12-15-5-3-4-6-16(15)19/h3-6,8,10-11,13H,7,9,12H2,1-2H3,(H,20,22)(H,21,23). The summed E-state index contributed by atoms with van der Waals surface area (Å²) in [6, 6.07) is 9.91. The van der Waals surface area contributed by atoms with E-state index < -0.39 is 0 Å². The van der Waals surface area contributed by atoms with Crippen molar-refractivity contribution in [3.63, 3.8) is 0 Å². The van der Waals surface area contributed by atoms with Gasteiger partial charge in [0, 0.05) is 30.4 Å². The number of carbonyl (C=O) groups excluding carboxylic acids is 1. The molecule has 1 aromatic heterocycles. The number of nitrogens with one attached hydrogen (secondary N) is 2. The molecule has 0 aliphatic carbocycles. The maximum absolute atomic E-state index is 13.6. The predicted molar refractivity (Wildman–Crippen MR) is 89.8 cm³/mol. The van der Waals surface area contributed by atoms with Crippen LogP contribution in [0.4, 0.5) is 10.2 Å². The lowest BCUT2D eigenvalue weighted by Gasteiger charge is -2.09. The second-order valence-corrected chi connectivity index (χ2v) is 5.81. The Kier molecular flexibility index (Phi) is 6.09. The molecule has 0 aliphatic heterocycles. The van der Waals surface area contributed by atoms with Crippen molar-refractivity contribution in [3.8, 4) is 0 Å². The Balaban J connectivity index is 1.94. The van der Waals surface area contributed by atoms with Crippen LogP contribution in [0, 0.1) is 11.7 Å². The molecule has 0 saturated heterocycles. The summed E-state index contributed by atoms with van der Waals surface area (Å²) in [5, 5.41) is 5.93. The fourth-order valence-corrected chi connectivity index (χ4v) is 2.07. The van der Waals surface area contributed by atoms with Crippen molar-refractivity contribution in [2.45, 2.75) is 26.8 Å². The molecule has 0 unspecified atom stereocenters. The van der Waals surface area contributed by atoms with Crippen LogP contribution >= 0.6 is 0 Å². The fraction of sp³-hybridized carbons (Fsp3) is 0.333. The molecule has 0 aliphatic rings. The first-order valence-electron chi connectivity index (χ1n) is 7.78. The normalized spacial score (nSPS) is 10.6. The highest BCUT2D eigenvalue weighted by Crippen LogP contribution is 2.11. The van der Waals surface area contributed by atoms with Gasteiger partial charge in [-0.05, 0) is 30.5 Å². The highest BCUT2D eigenvalue weighted by Gasteiger charge is 2.07. The summed E-state index contributed by atoms with van der Waals surface area (Å²) >= 11 is 0. The van der Waals surface area contributed by atoms with Crippen LogP contribution in [0.25, 0.3) is 0 Å². The SMILES string of the molecule is CC(C)CCNC(=O)c1ccnc(NCc2ccccc2F)c1. The van der Waals surface area contributed by atoms with E-state index in [1.165, 1.54) is 6.07 Å². The lowest BCUT2D eigenvalue weighted by atomic mass is 10.1. The number of rotatable bonds is 7. The third kappa shape index (κ3) is 5.36. The van der Waals surface area contributed by atoms with Crippen LogP contribution in [0.2, 0.25) is 0 Å². The number of hydrogen-bond acceptors (Lipinski definition) is 3. The Labute approximate surface area is 136 Å². The first-order valence-corrected chi connectivity index (χ1v) is 7.78. The van der Waals surface area contributed by atoms with Crippen LogP contribution in [0.5, 0.6) is 0 Å². The van der Waals surface area contributed by atoms with E-state index in [4.69, 9.17) is 0 Å². The van der Waals surface area contributed by atoms with Crippen LogP contribution in [-0.4, -0.2) is 17.4 Å². The molecule has 2 aromatic rings. The van der Waals surface area contributed by atoms with Crippen molar-refractivity contribution in [2.75, 3.05) is 11.9 Å². The minimum Gasteiger partial charge on any atom is -0.366 e. The third-order valence-electron chi connectivity index (χ3n) is 3.45. The molecule has 1 aromatic carbocycles. The first-order chi connectivity index (χ1) is 11.1. The second-order valence-electron chi connectivity index (χ2n) is 5.81. The van der Waals surface area contributed by atoms with Crippen LogP contribution in [-0.2, 0) is 6.54 Å². The molecule has 1 heterocycles. The summed E-state index contributed by atoms with van der Waals surface area (Å²) in [6.45, 7) is 5.20. The molecule has 4 nitrogen and oxygen atoms in total. The Morgan fingerprint density at radius 2 is 2.04 bits per heavy atom. The van der Waals surface area contributed by atoms with E-state index in [1.54, 1.807) is 36.5 Å². The number of nitrogens with zero attached hydrogens (tertiary/aromatic N) is 1. The monoisotopic (exact) mass is 315 g/mol. The van der Waals surface area contributed by atoms with Gasteiger partial charge in [0.05, 0.1) is 0 Å². The van der Waals surface area contributed by atoms with E-state index >= 15 is 0 Å². The summed E-state index contributed by atoms with van der Waals surface area (Å²) in [4.78, 5) is 16.2. The fourth-order valence-electron chi connectivity index (χ4n) is 2.07. The average Bonchev–Trinajstić information content (AvgIpc) is 2.54. The molecule has 5 heteroatoms. The van der Waals surface area contributed by atoms with Gasteiger partial charge in [-0.3, -0.25) is 4.79 Å². The maximum atomic E-state index is 13.6. The zero-order chi connectivity index (χ0) is 16.7. The van der Waals surface area contributed by atoms with Crippen LogP contribution < -0.4 is 10.6 Å². The van der Waals surface area contributed by atoms with E-state index in [-0.39, 0.29) is 11.7 Å². The van der Waals surface area contributed by atoms with Gasteiger partial charge in [-0.15, -0.1) is 0 Å². The van der Waals surface area contributed by atoms with Crippen LogP contribution in [0.3, 0.4) is 0 Å². The molecule has 0 saturated carbocycles. The van der Waals surface area contributed by atoms with Crippen molar-refractivity contribution in [1.29, 1.82) is 0 Å². The van der Waals surface area contributed by atoms with Crippen molar-refractivity contribution < 1.29 is 9.18 Å². The Morgan fingerprint density at radius 3 is 2.78 bits per heavy atom. The minimum atomic E-state index is -0.261. The summed E-state index contributed by atoms with van der Waals surface area (Å²) < 4.78 is 13.6. The van der Waals surface area contributed by atoms with E-state index in [0.29, 0.717) is 36.0 Å². The zero-order valence-electron chi connectivity index (χ0n) is 13.5. The number of benzene rings is 1. The molecule has 1 amide bonds. The number of amides is 1. The van der Waals surface area contributed by atoms with Gasteiger partial charge in [-0.1, -0.05) is 32.0 Å². The molecule has 0 fully saturated rings. The molecule has 0 spiro atoms. The number of aromatic nitrogens is 1. The van der Waals surface area contributed by atoms with E-state index in [1.807, 2.05) is 0 Å².